The lowest BCUT2D eigenvalue weighted by molar-refractivity contribution is -0.137. The zero-order valence-corrected chi connectivity index (χ0v) is 17.3. The Hall–Kier alpha value is -3.34. The van der Waals surface area contributed by atoms with E-state index in [4.69, 9.17) is 9.57 Å². The van der Waals surface area contributed by atoms with Crippen molar-refractivity contribution in [3.05, 3.63) is 59.3 Å². The molecule has 0 saturated carbocycles. The average Bonchev–Trinajstić information content (AvgIpc) is 3.21. The number of amidine groups is 1. The molecule has 1 aliphatic rings. The van der Waals surface area contributed by atoms with Gasteiger partial charge in [0.15, 0.2) is 12.4 Å². The summed E-state index contributed by atoms with van der Waals surface area (Å²) in [4.78, 5) is 9.50. The van der Waals surface area contributed by atoms with Gasteiger partial charge < -0.3 is 9.57 Å². The molecule has 11 heteroatoms. The minimum absolute atomic E-state index is 0.0562. The lowest BCUT2D eigenvalue weighted by Gasteiger charge is -2.22. The van der Waals surface area contributed by atoms with Crippen LogP contribution in [0.15, 0.2) is 52.9 Å². The van der Waals surface area contributed by atoms with Crippen LogP contribution in [0.2, 0.25) is 0 Å². The molecule has 166 valence electrons. The second-order valence-electron chi connectivity index (χ2n) is 7.03. The zero-order valence-electron chi connectivity index (χ0n) is 17.3. The Morgan fingerprint density at radius 1 is 1.13 bits per heavy atom. The molecule has 0 spiro atoms. The Morgan fingerprint density at radius 3 is 2.48 bits per heavy atom. The molecular formula is C20H23F3N6O2. The van der Waals surface area contributed by atoms with Crippen LogP contribution in [0, 0.1) is 0 Å². The van der Waals surface area contributed by atoms with Gasteiger partial charge in [-0.15, -0.1) is 10.6 Å². The molecule has 0 saturated heterocycles. The minimum Gasteiger partial charge on any atom is -0.469 e. The Bertz CT molecular complexity index is 927. The summed E-state index contributed by atoms with van der Waals surface area (Å²) >= 11 is 0. The second kappa shape index (κ2) is 9.65. The number of hydrazone groups is 1. The fourth-order valence-corrected chi connectivity index (χ4v) is 2.66. The van der Waals surface area contributed by atoms with E-state index in [1.54, 1.807) is 25.3 Å². The van der Waals surface area contributed by atoms with Gasteiger partial charge in [0.05, 0.1) is 11.3 Å². The number of hydrogen-bond donors (Lipinski definition) is 2. The number of hydrogen-bond acceptors (Lipinski definition) is 8. The SMILES string of the molecule is C/C(=N\OCc1ccc(C(F)(F)F)cc1)c1ccc(OCC2=NNNN2C(C)C)nc1. The molecule has 0 fully saturated rings. The van der Waals surface area contributed by atoms with Crippen molar-refractivity contribution < 1.29 is 22.7 Å². The van der Waals surface area contributed by atoms with Gasteiger partial charge in [-0.2, -0.15) is 13.2 Å². The molecule has 1 aromatic carbocycles. The smallest absolute Gasteiger partial charge is 0.416 e. The fraction of sp³-hybridized carbons (Fsp3) is 0.350. The van der Waals surface area contributed by atoms with Crippen LogP contribution in [-0.4, -0.2) is 34.2 Å². The molecule has 2 N–H and O–H groups in total. The summed E-state index contributed by atoms with van der Waals surface area (Å²) in [6.07, 6.45) is -2.76. The molecule has 3 rings (SSSR count). The lowest BCUT2D eigenvalue weighted by atomic mass is 10.1. The van der Waals surface area contributed by atoms with Gasteiger partial charge in [0.2, 0.25) is 5.88 Å². The predicted molar refractivity (Wildman–Crippen MR) is 109 cm³/mol. The Labute approximate surface area is 177 Å². The number of rotatable bonds is 8. The molecule has 0 aliphatic carbocycles. The summed E-state index contributed by atoms with van der Waals surface area (Å²) < 4.78 is 43.4. The van der Waals surface area contributed by atoms with E-state index in [1.807, 2.05) is 18.9 Å². The molecule has 8 nitrogen and oxygen atoms in total. The van der Waals surface area contributed by atoms with Gasteiger partial charge in [-0.3, -0.25) is 5.01 Å². The van der Waals surface area contributed by atoms with Gasteiger partial charge in [0.25, 0.3) is 0 Å². The van der Waals surface area contributed by atoms with E-state index >= 15 is 0 Å². The predicted octanol–water partition coefficient (Wildman–Crippen LogP) is 3.47. The number of hydrazine groups is 2. The third kappa shape index (κ3) is 6.07. The third-order valence-electron chi connectivity index (χ3n) is 4.37. The van der Waals surface area contributed by atoms with Crippen LogP contribution >= 0.6 is 0 Å². The van der Waals surface area contributed by atoms with Crippen molar-refractivity contribution in [1.29, 1.82) is 0 Å². The van der Waals surface area contributed by atoms with Crippen LogP contribution in [0.1, 0.15) is 37.5 Å². The number of aromatic nitrogens is 1. The van der Waals surface area contributed by atoms with E-state index in [1.165, 1.54) is 12.1 Å². The minimum atomic E-state index is -4.36. The van der Waals surface area contributed by atoms with E-state index in [-0.39, 0.29) is 19.3 Å². The summed E-state index contributed by atoms with van der Waals surface area (Å²) in [5.41, 5.74) is 6.78. The number of nitrogens with one attached hydrogen (secondary N) is 2. The molecule has 0 unspecified atom stereocenters. The number of benzene rings is 1. The summed E-state index contributed by atoms with van der Waals surface area (Å²) in [5, 5.41) is 9.96. The number of halogens is 3. The summed E-state index contributed by atoms with van der Waals surface area (Å²) in [6, 6.07) is 8.46. The van der Waals surface area contributed by atoms with Crippen molar-refractivity contribution in [3.63, 3.8) is 0 Å². The second-order valence-corrected chi connectivity index (χ2v) is 7.03. The van der Waals surface area contributed by atoms with Gasteiger partial charge in [-0.1, -0.05) is 17.3 Å². The topological polar surface area (TPSA) is 83.4 Å². The Kier molecular flexibility index (Phi) is 6.95. The Balaban J connectivity index is 1.50. The van der Waals surface area contributed by atoms with Crippen molar-refractivity contribution in [2.75, 3.05) is 6.61 Å². The first-order valence-corrected chi connectivity index (χ1v) is 9.52. The largest absolute Gasteiger partial charge is 0.469 e. The monoisotopic (exact) mass is 436 g/mol. The standard InChI is InChI=1S/C20H23F3N6O2/c1-13(2)29-18(25-27-28-29)12-30-19-9-6-16(10-24-19)14(3)26-31-11-15-4-7-17(8-5-15)20(21,22)23/h4-10,13,27-28H,11-12H2,1-3H3/b26-14+. The number of oxime groups is 1. The molecule has 0 atom stereocenters. The van der Waals surface area contributed by atoms with Crippen LogP contribution in [0.25, 0.3) is 0 Å². The maximum Gasteiger partial charge on any atom is 0.416 e. The van der Waals surface area contributed by atoms with E-state index in [0.29, 0.717) is 23.0 Å². The normalized spacial score (nSPS) is 14.5. The van der Waals surface area contributed by atoms with Gasteiger partial charge in [0.1, 0.15) is 6.61 Å². The molecule has 0 radical (unpaired) electrons. The van der Waals surface area contributed by atoms with Gasteiger partial charge in [0, 0.05) is 23.9 Å². The molecule has 1 aromatic heterocycles. The van der Waals surface area contributed by atoms with E-state index in [2.05, 4.69) is 26.3 Å². The van der Waals surface area contributed by atoms with Crippen LogP contribution < -0.4 is 15.8 Å². The van der Waals surface area contributed by atoms with Crippen LogP contribution in [-0.2, 0) is 17.6 Å². The Morgan fingerprint density at radius 2 is 1.87 bits per heavy atom. The fourth-order valence-electron chi connectivity index (χ4n) is 2.66. The maximum atomic E-state index is 12.6. The first-order valence-electron chi connectivity index (χ1n) is 9.52. The number of nitrogens with zero attached hydrogens (tertiary/aromatic N) is 4. The van der Waals surface area contributed by atoms with Gasteiger partial charge in [-0.05, 0) is 44.5 Å². The van der Waals surface area contributed by atoms with Gasteiger partial charge in [-0.25, -0.2) is 10.5 Å². The summed E-state index contributed by atoms with van der Waals surface area (Å²) in [7, 11) is 0. The van der Waals surface area contributed by atoms with Crippen LogP contribution in [0.5, 0.6) is 5.88 Å². The average molecular weight is 436 g/mol. The zero-order chi connectivity index (χ0) is 22.4. The molecule has 2 heterocycles. The van der Waals surface area contributed by atoms with Crippen molar-refractivity contribution in [2.45, 2.75) is 39.6 Å². The first-order chi connectivity index (χ1) is 14.7. The number of pyridine rings is 1. The highest BCUT2D eigenvalue weighted by Gasteiger charge is 2.29. The highest BCUT2D eigenvalue weighted by atomic mass is 19.4. The van der Waals surface area contributed by atoms with Crippen molar-refractivity contribution >= 4 is 11.5 Å². The van der Waals surface area contributed by atoms with Crippen molar-refractivity contribution in [3.8, 4) is 5.88 Å². The van der Waals surface area contributed by atoms with Crippen LogP contribution in [0.3, 0.4) is 0 Å². The van der Waals surface area contributed by atoms with E-state index < -0.39 is 11.7 Å². The highest BCUT2D eigenvalue weighted by Crippen LogP contribution is 2.29. The number of ether oxygens (including phenoxy) is 1. The molecule has 31 heavy (non-hydrogen) atoms. The molecule has 1 aliphatic heterocycles. The third-order valence-corrected chi connectivity index (χ3v) is 4.37. The first kappa shape index (κ1) is 22.3. The summed E-state index contributed by atoms with van der Waals surface area (Å²) in [5.74, 6) is 1.14. The molecule has 0 amide bonds. The maximum absolute atomic E-state index is 12.6. The molecular weight excluding hydrogens is 413 g/mol. The van der Waals surface area contributed by atoms with Crippen molar-refractivity contribution in [2.24, 2.45) is 10.3 Å². The van der Waals surface area contributed by atoms with E-state index in [0.717, 1.165) is 17.7 Å². The molecule has 0 bridgehead atoms. The van der Waals surface area contributed by atoms with E-state index in [9.17, 15) is 13.2 Å². The quantitative estimate of drug-likeness (QED) is 0.487. The van der Waals surface area contributed by atoms with Crippen LogP contribution in [0.4, 0.5) is 13.2 Å². The van der Waals surface area contributed by atoms with Gasteiger partial charge >= 0.3 is 6.18 Å². The summed E-state index contributed by atoms with van der Waals surface area (Å²) in [6.45, 7) is 6.08. The molecule has 2 aromatic rings. The highest BCUT2D eigenvalue weighted by molar-refractivity contribution is 5.98. The van der Waals surface area contributed by atoms with Crippen molar-refractivity contribution in [1.82, 2.24) is 21.1 Å². The lowest BCUT2D eigenvalue weighted by Crippen LogP contribution is -2.46. The number of alkyl halides is 3.